The van der Waals surface area contributed by atoms with E-state index in [-0.39, 0.29) is 12.1 Å². The van der Waals surface area contributed by atoms with Crippen molar-refractivity contribution in [1.82, 2.24) is 4.31 Å². The molecule has 0 aromatic heterocycles. The van der Waals surface area contributed by atoms with Crippen LogP contribution in [-0.4, -0.2) is 38.0 Å². The van der Waals surface area contributed by atoms with Gasteiger partial charge in [0, 0.05) is 13.2 Å². The highest BCUT2D eigenvalue weighted by atomic mass is 32.2. The summed E-state index contributed by atoms with van der Waals surface area (Å²) in [4.78, 5) is 0.374. The van der Waals surface area contributed by atoms with Gasteiger partial charge < -0.3 is 4.74 Å². The summed E-state index contributed by atoms with van der Waals surface area (Å²) in [7, 11) is -3.60. The molecule has 0 saturated heterocycles. The van der Waals surface area contributed by atoms with Crippen molar-refractivity contribution in [3.63, 3.8) is 0 Å². The van der Waals surface area contributed by atoms with Crippen LogP contribution >= 0.6 is 0 Å². The van der Waals surface area contributed by atoms with E-state index in [0.717, 1.165) is 50.7 Å². The number of allylic oxidation sites excluding steroid dienone is 3. The molecule has 1 heterocycles. The van der Waals surface area contributed by atoms with E-state index in [9.17, 15) is 8.42 Å². The number of aryl methyl sites for hydroxylation is 1. The molecule has 1 aliphatic carbocycles. The molecular weight excluding hydrogens is 418 g/mol. The Balaban J connectivity index is 1.83. The fourth-order valence-electron chi connectivity index (χ4n) is 4.76. The molecule has 3 rings (SSSR count). The number of nitrogens with zero attached hydrogens (tertiary/aromatic N) is 1. The molecule has 0 amide bonds. The molecule has 1 aromatic carbocycles. The van der Waals surface area contributed by atoms with E-state index in [1.165, 1.54) is 38.5 Å². The molecule has 5 heteroatoms. The van der Waals surface area contributed by atoms with Gasteiger partial charge in [0.15, 0.2) is 0 Å². The van der Waals surface area contributed by atoms with Crippen molar-refractivity contribution in [3.8, 4) is 0 Å². The van der Waals surface area contributed by atoms with Gasteiger partial charge in [-0.1, -0.05) is 86.9 Å². The second-order valence-electron chi connectivity index (χ2n) is 9.27. The minimum atomic E-state index is -3.60. The number of sulfonamides is 1. The van der Waals surface area contributed by atoms with Crippen molar-refractivity contribution in [2.75, 3.05) is 13.2 Å². The molecule has 178 valence electrons. The first-order valence-corrected chi connectivity index (χ1v) is 14.0. The van der Waals surface area contributed by atoms with Crippen LogP contribution in [0.4, 0.5) is 0 Å². The number of benzene rings is 1. The van der Waals surface area contributed by atoms with Crippen molar-refractivity contribution in [3.05, 3.63) is 54.1 Å². The smallest absolute Gasteiger partial charge is 0.243 e. The predicted molar refractivity (Wildman–Crippen MR) is 132 cm³/mol. The average molecular weight is 460 g/mol. The lowest BCUT2D eigenvalue weighted by molar-refractivity contribution is -0.0150. The first-order chi connectivity index (χ1) is 15.6. The van der Waals surface area contributed by atoms with E-state index < -0.39 is 10.0 Å². The molecule has 4 nitrogen and oxygen atoms in total. The Bertz CT molecular complexity index is 829. The summed E-state index contributed by atoms with van der Waals surface area (Å²) >= 11 is 0. The fraction of sp³-hybridized carbons (Fsp3) is 0.630. The zero-order valence-corrected chi connectivity index (χ0v) is 20.6. The van der Waals surface area contributed by atoms with Gasteiger partial charge in [-0.05, 0) is 51.2 Å². The summed E-state index contributed by atoms with van der Waals surface area (Å²) < 4.78 is 35.4. The van der Waals surface area contributed by atoms with Gasteiger partial charge in [-0.15, -0.1) is 0 Å². The zero-order chi connectivity index (χ0) is 22.7. The van der Waals surface area contributed by atoms with Gasteiger partial charge in [0.05, 0.1) is 17.0 Å². The Morgan fingerprint density at radius 3 is 2.25 bits per heavy atom. The SMILES string of the molecule is Cc1ccc(S(=O)(=O)N2C/C=C/C=C/CCCCCCCCCO[C@@H]3CCCC[C@H]32)cc1. The van der Waals surface area contributed by atoms with Crippen LogP contribution in [0.2, 0.25) is 0 Å². The summed E-state index contributed by atoms with van der Waals surface area (Å²) in [6, 6.07) is 7.12. The zero-order valence-electron chi connectivity index (χ0n) is 19.8. The number of hydrogen-bond acceptors (Lipinski definition) is 3. The van der Waals surface area contributed by atoms with Crippen LogP contribution in [0, 0.1) is 6.92 Å². The first kappa shape index (κ1) is 25.2. The van der Waals surface area contributed by atoms with Crippen LogP contribution in [0.5, 0.6) is 0 Å². The first-order valence-electron chi connectivity index (χ1n) is 12.6. The second kappa shape index (κ2) is 13.3. The van der Waals surface area contributed by atoms with E-state index in [1.807, 2.05) is 31.2 Å². The van der Waals surface area contributed by atoms with Crippen LogP contribution in [0.25, 0.3) is 0 Å². The Kier molecular flexibility index (Phi) is 10.5. The molecule has 0 N–H and O–H groups in total. The highest BCUT2D eigenvalue weighted by Gasteiger charge is 2.37. The Morgan fingerprint density at radius 1 is 0.812 bits per heavy atom. The maximum absolute atomic E-state index is 13.7. The molecule has 0 unspecified atom stereocenters. The third-order valence-corrected chi connectivity index (χ3v) is 8.59. The molecule has 0 radical (unpaired) electrons. The molecule has 0 bridgehead atoms. The van der Waals surface area contributed by atoms with Gasteiger partial charge >= 0.3 is 0 Å². The Hall–Kier alpha value is -1.43. The van der Waals surface area contributed by atoms with E-state index in [1.54, 1.807) is 16.4 Å². The fourth-order valence-corrected chi connectivity index (χ4v) is 6.39. The monoisotopic (exact) mass is 459 g/mol. The predicted octanol–water partition coefficient (Wildman–Crippen LogP) is 6.56. The van der Waals surface area contributed by atoms with Gasteiger partial charge in [0.25, 0.3) is 0 Å². The Morgan fingerprint density at radius 2 is 1.47 bits per heavy atom. The molecule has 1 aromatic rings. The van der Waals surface area contributed by atoms with Crippen molar-refractivity contribution >= 4 is 10.0 Å². The molecule has 1 saturated carbocycles. The number of rotatable bonds is 2. The largest absolute Gasteiger partial charge is 0.377 e. The second-order valence-corrected chi connectivity index (χ2v) is 11.2. The van der Waals surface area contributed by atoms with Crippen molar-refractivity contribution in [2.45, 2.75) is 101 Å². The molecule has 32 heavy (non-hydrogen) atoms. The van der Waals surface area contributed by atoms with Crippen molar-refractivity contribution < 1.29 is 13.2 Å². The van der Waals surface area contributed by atoms with E-state index >= 15 is 0 Å². The van der Waals surface area contributed by atoms with Crippen LogP contribution < -0.4 is 0 Å². The van der Waals surface area contributed by atoms with Crippen molar-refractivity contribution in [2.24, 2.45) is 0 Å². The third kappa shape index (κ3) is 7.57. The number of hydrogen-bond donors (Lipinski definition) is 0. The summed E-state index contributed by atoms with van der Waals surface area (Å²) in [5.74, 6) is 0. The minimum absolute atomic E-state index is 0.0215. The highest BCUT2D eigenvalue weighted by molar-refractivity contribution is 7.89. The lowest BCUT2D eigenvalue weighted by Crippen LogP contribution is -2.49. The van der Waals surface area contributed by atoms with Crippen molar-refractivity contribution in [1.29, 1.82) is 0 Å². The molecule has 2 aliphatic rings. The summed E-state index contributed by atoms with van der Waals surface area (Å²) in [6.07, 6.45) is 21.9. The summed E-state index contributed by atoms with van der Waals surface area (Å²) in [5.41, 5.74) is 1.06. The topological polar surface area (TPSA) is 46.6 Å². The maximum Gasteiger partial charge on any atom is 0.243 e. The van der Waals surface area contributed by atoms with E-state index in [2.05, 4.69) is 12.2 Å². The summed E-state index contributed by atoms with van der Waals surface area (Å²) in [6.45, 7) is 3.09. The lowest BCUT2D eigenvalue weighted by atomic mass is 9.92. The van der Waals surface area contributed by atoms with Gasteiger partial charge in [-0.25, -0.2) is 8.42 Å². The molecule has 1 aliphatic heterocycles. The van der Waals surface area contributed by atoms with Crippen LogP contribution in [0.15, 0.2) is 53.5 Å². The molecule has 0 spiro atoms. The maximum atomic E-state index is 13.7. The quantitative estimate of drug-likeness (QED) is 0.503. The standard InChI is InChI=1S/C27H41NO3S/c1-24-18-20-25(21-19-24)32(29,30)28-22-14-10-8-6-4-2-3-5-7-9-11-15-23-31-27-17-13-12-16-26(27)28/h6,8,10,14,18-21,26-27H,2-5,7,9,11-13,15-17,22-23H2,1H3/b8-6+,14-10+/t26-,27-/m1/s1. The van der Waals surface area contributed by atoms with Gasteiger partial charge in [-0.3, -0.25) is 0 Å². The molecule has 2 atom stereocenters. The van der Waals surface area contributed by atoms with Crippen LogP contribution in [0.1, 0.15) is 82.6 Å². The Labute approximate surface area is 195 Å². The van der Waals surface area contributed by atoms with Gasteiger partial charge in [0.1, 0.15) is 0 Å². The van der Waals surface area contributed by atoms with Crippen LogP contribution in [-0.2, 0) is 14.8 Å². The molecule has 1 fully saturated rings. The average Bonchev–Trinajstić information content (AvgIpc) is 2.79. The van der Waals surface area contributed by atoms with E-state index in [0.29, 0.717) is 11.4 Å². The highest BCUT2D eigenvalue weighted by Crippen LogP contribution is 2.30. The number of fused-ring (bicyclic) bond motifs is 1. The lowest BCUT2D eigenvalue weighted by Gasteiger charge is -2.38. The van der Waals surface area contributed by atoms with E-state index in [4.69, 9.17) is 4.74 Å². The minimum Gasteiger partial charge on any atom is -0.377 e. The molecular formula is C27H41NO3S. The number of ether oxygens (including phenoxy) is 1. The third-order valence-electron chi connectivity index (χ3n) is 6.68. The normalized spacial score (nSPS) is 27.5. The van der Waals surface area contributed by atoms with Gasteiger partial charge in [0.2, 0.25) is 10.0 Å². The van der Waals surface area contributed by atoms with Gasteiger partial charge in [-0.2, -0.15) is 4.31 Å². The van der Waals surface area contributed by atoms with Crippen LogP contribution in [0.3, 0.4) is 0 Å². The summed E-state index contributed by atoms with van der Waals surface area (Å²) in [5, 5.41) is 0.